The van der Waals surface area contributed by atoms with Gasteiger partial charge in [-0.1, -0.05) is 6.07 Å². The first-order valence-corrected chi connectivity index (χ1v) is 13.4. The minimum Gasteiger partial charge on any atom is -0.612 e. The van der Waals surface area contributed by atoms with Crippen molar-refractivity contribution in [2.45, 2.75) is 24.3 Å². The molecule has 0 bridgehead atoms. The molecule has 0 saturated carbocycles. The number of aromatic nitrogens is 3. The summed E-state index contributed by atoms with van der Waals surface area (Å²) in [5, 5.41) is 11.1. The minimum atomic E-state index is -1.29. The molecule has 3 heterocycles. The summed E-state index contributed by atoms with van der Waals surface area (Å²) in [4.78, 5) is 24.3. The van der Waals surface area contributed by atoms with E-state index in [1.807, 2.05) is 0 Å². The van der Waals surface area contributed by atoms with Crippen LogP contribution in [0.15, 0.2) is 59.9 Å². The van der Waals surface area contributed by atoms with Crippen LogP contribution in [0.1, 0.15) is 29.8 Å². The molecule has 1 saturated heterocycles. The predicted molar refractivity (Wildman–Crippen MR) is 139 cm³/mol. The number of carbonyl (C=O) groups excluding carboxylic acids is 1. The maximum atomic E-state index is 14.6. The number of ether oxygens (including phenoxy) is 1. The van der Waals surface area contributed by atoms with Gasteiger partial charge in [-0.15, -0.1) is 0 Å². The van der Waals surface area contributed by atoms with E-state index < -0.39 is 22.6 Å². The van der Waals surface area contributed by atoms with Gasteiger partial charge in [0.15, 0.2) is 4.90 Å². The molecule has 0 spiro atoms. The molecule has 1 aliphatic heterocycles. The number of hydrogen-bond acceptors (Lipinski definition) is 6. The van der Waals surface area contributed by atoms with Crippen molar-refractivity contribution >= 4 is 28.0 Å². The molecule has 10 heteroatoms. The second-order valence-electron chi connectivity index (χ2n) is 9.48. The van der Waals surface area contributed by atoms with Crippen molar-refractivity contribution in [1.82, 2.24) is 19.4 Å². The number of amides is 1. The summed E-state index contributed by atoms with van der Waals surface area (Å²) >= 11 is -1.29. The van der Waals surface area contributed by atoms with Gasteiger partial charge < -0.3 is 19.3 Å². The molecule has 1 amide bonds. The van der Waals surface area contributed by atoms with Crippen LogP contribution in [-0.2, 0) is 21.5 Å². The zero-order valence-corrected chi connectivity index (χ0v) is 21.6. The Morgan fingerprint density at radius 3 is 2.49 bits per heavy atom. The lowest BCUT2D eigenvalue weighted by molar-refractivity contribution is 0.0303. The highest BCUT2D eigenvalue weighted by Crippen LogP contribution is 2.31. The number of rotatable bonds is 5. The summed E-state index contributed by atoms with van der Waals surface area (Å²) < 4.78 is 34.1. The summed E-state index contributed by atoms with van der Waals surface area (Å²) in [6, 6.07) is 9.73. The largest absolute Gasteiger partial charge is 0.612 e. The van der Waals surface area contributed by atoms with Crippen molar-refractivity contribution in [3.8, 4) is 17.1 Å². The van der Waals surface area contributed by atoms with Gasteiger partial charge in [0, 0.05) is 42.2 Å². The topological polar surface area (TPSA) is 104 Å². The second kappa shape index (κ2) is 9.86. The minimum absolute atomic E-state index is 0.101. The molecule has 2 aromatic carbocycles. The number of hydrogen-bond donors (Lipinski definition) is 1. The Morgan fingerprint density at radius 2 is 1.84 bits per heavy atom. The Bertz CT molecular complexity index is 1460. The lowest BCUT2D eigenvalue weighted by Crippen LogP contribution is -2.40. The van der Waals surface area contributed by atoms with E-state index >= 15 is 0 Å². The number of aliphatic hydroxyl groups is 1. The fourth-order valence-electron chi connectivity index (χ4n) is 4.38. The van der Waals surface area contributed by atoms with Gasteiger partial charge >= 0.3 is 0 Å². The zero-order chi connectivity index (χ0) is 26.3. The van der Waals surface area contributed by atoms with Crippen molar-refractivity contribution < 1.29 is 23.6 Å². The lowest BCUT2D eigenvalue weighted by Gasteiger charge is -2.26. The number of nitrogens with zero attached hydrogens (tertiary/aromatic N) is 4. The third-order valence-electron chi connectivity index (χ3n) is 6.46. The van der Waals surface area contributed by atoms with Crippen molar-refractivity contribution in [3.63, 3.8) is 0 Å². The van der Waals surface area contributed by atoms with E-state index in [2.05, 4.69) is 9.97 Å². The molecule has 1 aliphatic rings. The molecule has 4 aromatic rings. The molecular formula is C27H27FN4O4S. The van der Waals surface area contributed by atoms with E-state index in [-0.39, 0.29) is 11.5 Å². The first kappa shape index (κ1) is 25.3. The van der Waals surface area contributed by atoms with Crippen molar-refractivity contribution in [1.29, 1.82) is 0 Å². The Morgan fingerprint density at radius 1 is 1.14 bits per heavy atom. The highest BCUT2D eigenvalue weighted by atomic mass is 32.2. The van der Waals surface area contributed by atoms with Crippen molar-refractivity contribution in [3.05, 3.63) is 71.9 Å². The number of morpholine rings is 1. The van der Waals surface area contributed by atoms with Gasteiger partial charge in [-0.2, -0.15) is 0 Å². The van der Waals surface area contributed by atoms with Crippen LogP contribution in [0.4, 0.5) is 4.39 Å². The monoisotopic (exact) mass is 522 g/mol. The quantitative estimate of drug-likeness (QED) is 0.401. The number of carbonyl (C=O) groups is 1. The number of halogens is 1. The standard InChI is InChI=1S/C27H27FN4O4S/c1-27(2,34)19-5-7-22(28)21(13-19)18-14-29-26(30-15-18)32-16-24(37(3)35)20-6-4-17(12-23(20)32)25(33)31-8-10-36-11-9-31/h4-7,12-16,34H,8-11H2,1-3H3. The van der Waals surface area contributed by atoms with E-state index in [4.69, 9.17) is 4.74 Å². The molecule has 1 N–H and O–H groups in total. The summed E-state index contributed by atoms with van der Waals surface area (Å²) in [6.45, 7) is 5.32. The third-order valence-corrected chi connectivity index (χ3v) is 7.41. The van der Waals surface area contributed by atoms with Crippen LogP contribution in [0.5, 0.6) is 0 Å². The van der Waals surface area contributed by atoms with E-state index in [9.17, 15) is 18.8 Å². The van der Waals surface area contributed by atoms with Gasteiger partial charge in [0.2, 0.25) is 5.95 Å². The van der Waals surface area contributed by atoms with E-state index in [0.29, 0.717) is 59.4 Å². The normalized spacial score (nSPS) is 15.2. The van der Waals surface area contributed by atoms with E-state index in [0.717, 1.165) is 5.39 Å². The van der Waals surface area contributed by atoms with Crippen LogP contribution >= 0.6 is 0 Å². The highest BCUT2D eigenvalue weighted by Gasteiger charge is 2.23. The molecule has 2 aromatic heterocycles. The van der Waals surface area contributed by atoms with Gasteiger partial charge in [0.25, 0.3) is 5.91 Å². The Kier molecular flexibility index (Phi) is 6.76. The number of fused-ring (bicyclic) bond motifs is 1. The summed E-state index contributed by atoms with van der Waals surface area (Å²) in [5.41, 5.74) is 1.31. The molecule has 1 atom stereocenters. The van der Waals surface area contributed by atoms with Crippen LogP contribution in [-0.4, -0.2) is 67.6 Å². The molecule has 0 aliphatic carbocycles. The summed E-state index contributed by atoms with van der Waals surface area (Å²) in [5.74, 6) is -0.262. The summed E-state index contributed by atoms with van der Waals surface area (Å²) in [7, 11) is 0. The average molecular weight is 523 g/mol. The molecule has 37 heavy (non-hydrogen) atoms. The molecular weight excluding hydrogens is 495 g/mol. The van der Waals surface area contributed by atoms with Gasteiger partial charge in [-0.3, -0.25) is 9.36 Å². The average Bonchev–Trinajstić information content (AvgIpc) is 3.28. The van der Waals surface area contributed by atoms with Crippen LogP contribution < -0.4 is 0 Å². The smallest absolute Gasteiger partial charge is 0.254 e. The van der Waals surface area contributed by atoms with Crippen LogP contribution in [0.2, 0.25) is 0 Å². The van der Waals surface area contributed by atoms with Gasteiger partial charge in [-0.25, -0.2) is 14.4 Å². The summed E-state index contributed by atoms with van der Waals surface area (Å²) in [6.07, 6.45) is 6.31. The Balaban J connectivity index is 1.55. The van der Waals surface area contributed by atoms with Gasteiger partial charge in [0.1, 0.15) is 12.1 Å². The molecule has 192 valence electrons. The van der Waals surface area contributed by atoms with Gasteiger partial charge in [0.05, 0.1) is 35.9 Å². The molecule has 1 fully saturated rings. The molecule has 0 radical (unpaired) electrons. The highest BCUT2D eigenvalue weighted by molar-refractivity contribution is 7.91. The Labute approximate surface area is 216 Å². The second-order valence-corrected chi connectivity index (χ2v) is 10.8. The lowest BCUT2D eigenvalue weighted by atomic mass is 9.95. The van der Waals surface area contributed by atoms with Crippen LogP contribution in [0.25, 0.3) is 28.0 Å². The van der Waals surface area contributed by atoms with Crippen molar-refractivity contribution in [2.75, 3.05) is 32.6 Å². The van der Waals surface area contributed by atoms with Crippen LogP contribution in [0, 0.1) is 5.82 Å². The first-order chi connectivity index (χ1) is 17.6. The number of benzene rings is 2. The molecule has 8 nitrogen and oxygen atoms in total. The SMILES string of the molecule is C[S+]([O-])c1cn(-c2ncc(-c3cc(C(C)(C)O)ccc3F)cn2)c2cc(C(=O)N3CCOCC3)ccc12. The van der Waals surface area contributed by atoms with E-state index in [1.54, 1.807) is 66.1 Å². The fourth-order valence-corrected chi connectivity index (χ4v) is 5.12. The van der Waals surface area contributed by atoms with E-state index in [1.165, 1.54) is 18.5 Å². The Hall–Kier alpha value is -3.31. The van der Waals surface area contributed by atoms with Gasteiger partial charge in [-0.05, 0) is 60.9 Å². The predicted octanol–water partition coefficient (Wildman–Crippen LogP) is 3.66. The third kappa shape index (κ3) is 4.97. The molecule has 1 unspecified atom stereocenters. The first-order valence-electron chi connectivity index (χ1n) is 11.8. The molecule has 5 rings (SSSR count). The van der Waals surface area contributed by atoms with Crippen LogP contribution in [0.3, 0.4) is 0 Å². The maximum Gasteiger partial charge on any atom is 0.254 e. The fraction of sp³-hybridized carbons (Fsp3) is 0.296. The van der Waals surface area contributed by atoms with Crippen molar-refractivity contribution in [2.24, 2.45) is 0 Å². The maximum absolute atomic E-state index is 14.6. The zero-order valence-electron chi connectivity index (χ0n) is 20.8.